The number of amides is 1. The predicted octanol–water partition coefficient (Wildman–Crippen LogP) is 3.38. The molecule has 2 aliphatic rings. The average Bonchev–Trinajstić information content (AvgIpc) is 3.23. The van der Waals surface area contributed by atoms with Gasteiger partial charge in [0.1, 0.15) is 6.04 Å². The maximum Gasteiger partial charge on any atom is 0.267 e. The van der Waals surface area contributed by atoms with Gasteiger partial charge in [0.2, 0.25) is 12.7 Å². The number of carbonyl (C=O) groups is 1. The van der Waals surface area contributed by atoms with Crippen molar-refractivity contribution in [3.05, 3.63) is 40.7 Å². The molecule has 0 bridgehead atoms. The second-order valence-electron chi connectivity index (χ2n) is 7.66. The second-order valence-corrected chi connectivity index (χ2v) is 7.66. The largest absolute Gasteiger partial charge is 0.454 e. The van der Waals surface area contributed by atoms with Gasteiger partial charge in [-0.05, 0) is 51.0 Å². The maximum atomic E-state index is 13.2. The van der Waals surface area contributed by atoms with E-state index in [1.54, 1.807) is 13.0 Å². The number of hydrogen-bond acceptors (Lipinski definition) is 5. The van der Waals surface area contributed by atoms with Gasteiger partial charge in [0.25, 0.3) is 5.56 Å². The highest BCUT2D eigenvalue weighted by Gasteiger charge is 2.29. The molecule has 1 amide bonds. The molecule has 0 spiro atoms. The van der Waals surface area contributed by atoms with Crippen molar-refractivity contribution in [2.24, 2.45) is 0 Å². The number of benzene rings is 1. The lowest BCUT2D eigenvalue weighted by atomic mass is 9.94. The average molecular weight is 397 g/mol. The van der Waals surface area contributed by atoms with Crippen LogP contribution in [0.5, 0.6) is 11.5 Å². The lowest BCUT2D eigenvalue weighted by Gasteiger charge is -2.35. The van der Waals surface area contributed by atoms with E-state index in [-0.39, 0.29) is 24.3 Å². The SMILES string of the molecule is CCN(C(=O)C(C)n1nc(-c2ccc3c(c2)OCO3)ccc1=O)C1CCCCC1. The summed E-state index contributed by atoms with van der Waals surface area (Å²) in [5.41, 5.74) is 1.14. The highest BCUT2D eigenvalue weighted by Crippen LogP contribution is 2.35. The molecule has 1 fully saturated rings. The van der Waals surface area contributed by atoms with Gasteiger partial charge in [-0.2, -0.15) is 5.10 Å². The molecule has 1 aliphatic carbocycles. The zero-order valence-electron chi connectivity index (χ0n) is 17.0. The quantitative estimate of drug-likeness (QED) is 0.773. The van der Waals surface area contributed by atoms with E-state index in [4.69, 9.17) is 9.47 Å². The molecule has 2 heterocycles. The number of fused-ring (bicyclic) bond motifs is 1. The molecule has 1 aromatic carbocycles. The van der Waals surface area contributed by atoms with Crippen LogP contribution in [0.15, 0.2) is 35.1 Å². The Morgan fingerprint density at radius 3 is 2.69 bits per heavy atom. The summed E-state index contributed by atoms with van der Waals surface area (Å²) in [5, 5.41) is 4.51. The molecule has 1 unspecified atom stereocenters. The van der Waals surface area contributed by atoms with Crippen LogP contribution in [0.1, 0.15) is 52.0 Å². The summed E-state index contributed by atoms with van der Waals surface area (Å²) >= 11 is 0. The summed E-state index contributed by atoms with van der Waals surface area (Å²) in [4.78, 5) is 27.6. The maximum absolute atomic E-state index is 13.2. The van der Waals surface area contributed by atoms with Gasteiger partial charge in [-0.1, -0.05) is 19.3 Å². The van der Waals surface area contributed by atoms with E-state index in [9.17, 15) is 9.59 Å². The molecule has 1 aliphatic heterocycles. The number of aromatic nitrogens is 2. The van der Waals surface area contributed by atoms with Crippen molar-refractivity contribution in [2.45, 2.75) is 58.0 Å². The summed E-state index contributed by atoms with van der Waals surface area (Å²) in [6.07, 6.45) is 5.61. The Morgan fingerprint density at radius 1 is 1.17 bits per heavy atom. The van der Waals surface area contributed by atoms with Crippen LogP contribution in [0.3, 0.4) is 0 Å². The third-order valence-electron chi connectivity index (χ3n) is 5.86. The van der Waals surface area contributed by atoms with E-state index in [2.05, 4.69) is 5.10 Å². The Balaban J connectivity index is 1.61. The zero-order valence-corrected chi connectivity index (χ0v) is 17.0. The molecular formula is C22H27N3O4. The van der Waals surface area contributed by atoms with Crippen molar-refractivity contribution in [3.8, 4) is 22.8 Å². The number of ether oxygens (including phenoxy) is 2. The van der Waals surface area contributed by atoms with Crippen LogP contribution in [0.25, 0.3) is 11.3 Å². The minimum atomic E-state index is -0.654. The van der Waals surface area contributed by atoms with Gasteiger partial charge in [0, 0.05) is 24.2 Å². The van der Waals surface area contributed by atoms with Crippen molar-refractivity contribution in [2.75, 3.05) is 13.3 Å². The van der Waals surface area contributed by atoms with Gasteiger partial charge in [-0.3, -0.25) is 9.59 Å². The standard InChI is InChI=1S/C22H27N3O4/c1-3-24(17-7-5-4-6-8-17)22(27)15(2)25-21(26)12-10-18(23-25)16-9-11-19-20(13-16)29-14-28-19/h9-13,15,17H,3-8,14H2,1-2H3. The number of hydrogen-bond donors (Lipinski definition) is 0. The number of rotatable bonds is 5. The minimum Gasteiger partial charge on any atom is -0.454 e. The Labute approximate surface area is 170 Å². The van der Waals surface area contributed by atoms with Gasteiger partial charge < -0.3 is 14.4 Å². The molecule has 0 radical (unpaired) electrons. The molecular weight excluding hydrogens is 370 g/mol. The van der Waals surface area contributed by atoms with Crippen LogP contribution in [0.2, 0.25) is 0 Å². The van der Waals surface area contributed by atoms with Gasteiger partial charge in [-0.25, -0.2) is 4.68 Å². The molecule has 154 valence electrons. The molecule has 1 atom stereocenters. The summed E-state index contributed by atoms with van der Waals surface area (Å²) in [6.45, 7) is 4.60. The Hall–Kier alpha value is -2.83. The van der Waals surface area contributed by atoms with E-state index in [1.165, 1.54) is 17.2 Å². The van der Waals surface area contributed by atoms with E-state index >= 15 is 0 Å². The third kappa shape index (κ3) is 3.86. The smallest absolute Gasteiger partial charge is 0.267 e. The van der Waals surface area contributed by atoms with Crippen molar-refractivity contribution >= 4 is 5.91 Å². The first-order valence-electron chi connectivity index (χ1n) is 10.4. The molecule has 1 aromatic heterocycles. The first-order valence-corrected chi connectivity index (χ1v) is 10.4. The molecule has 1 saturated carbocycles. The molecule has 0 N–H and O–H groups in total. The van der Waals surface area contributed by atoms with Crippen LogP contribution in [-0.4, -0.2) is 40.0 Å². The van der Waals surface area contributed by atoms with Crippen LogP contribution in [0, 0.1) is 0 Å². The minimum absolute atomic E-state index is 0.0446. The first kappa shape index (κ1) is 19.5. The number of nitrogens with zero attached hydrogens (tertiary/aromatic N) is 3. The predicted molar refractivity (Wildman–Crippen MR) is 109 cm³/mol. The van der Waals surface area contributed by atoms with Crippen LogP contribution in [-0.2, 0) is 4.79 Å². The van der Waals surface area contributed by atoms with Crippen LogP contribution >= 0.6 is 0 Å². The first-order chi connectivity index (χ1) is 14.1. The van der Waals surface area contributed by atoms with Crippen LogP contribution < -0.4 is 15.0 Å². The van der Waals surface area contributed by atoms with Crippen LogP contribution in [0.4, 0.5) is 0 Å². The van der Waals surface area contributed by atoms with Crippen molar-refractivity contribution in [1.29, 1.82) is 0 Å². The summed E-state index contributed by atoms with van der Waals surface area (Å²) in [7, 11) is 0. The highest BCUT2D eigenvalue weighted by molar-refractivity contribution is 5.80. The molecule has 7 heteroatoms. The summed E-state index contributed by atoms with van der Waals surface area (Å²) < 4.78 is 12.1. The van der Waals surface area contributed by atoms with Gasteiger partial charge >= 0.3 is 0 Å². The van der Waals surface area contributed by atoms with Crippen molar-refractivity contribution < 1.29 is 14.3 Å². The molecule has 2 aromatic rings. The van der Waals surface area contributed by atoms with Gasteiger partial charge in [0.15, 0.2) is 11.5 Å². The van der Waals surface area contributed by atoms with E-state index in [0.29, 0.717) is 23.7 Å². The Kier molecular flexibility index (Phi) is 5.56. The lowest BCUT2D eigenvalue weighted by Crippen LogP contribution is -2.46. The molecule has 7 nitrogen and oxygen atoms in total. The monoisotopic (exact) mass is 397 g/mol. The number of likely N-dealkylation sites (N-methyl/N-ethyl adjacent to an activating group) is 1. The molecule has 29 heavy (non-hydrogen) atoms. The fourth-order valence-corrected chi connectivity index (χ4v) is 4.24. The van der Waals surface area contributed by atoms with Gasteiger partial charge in [-0.15, -0.1) is 0 Å². The fourth-order valence-electron chi connectivity index (χ4n) is 4.24. The second kappa shape index (κ2) is 8.27. The van der Waals surface area contributed by atoms with E-state index < -0.39 is 6.04 Å². The molecule has 0 saturated heterocycles. The lowest BCUT2D eigenvalue weighted by molar-refractivity contribution is -0.137. The zero-order chi connectivity index (χ0) is 20.4. The number of carbonyl (C=O) groups excluding carboxylic acids is 1. The summed E-state index contributed by atoms with van der Waals surface area (Å²) in [6, 6.07) is 8.28. The normalized spacial score (nSPS) is 17.2. The van der Waals surface area contributed by atoms with Crippen molar-refractivity contribution in [3.63, 3.8) is 0 Å². The topological polar surface area (TPSA) is 73.7 Å². The van der Waals surface area contributed by atoms with E-state index in [0.717, 1.165) is 31.2 Å². The Morgan fingerprint density at radius 2 is 1.93 bits per heavy atom. The molecule has 4 rings (SSSR count). The van der Waals surface area contributed by atoms with Crippen molar-refractivity contribution in [1.82, 2.24) is 14.7 Å². The highest BCUT2D eigenvalue weighted by atomic mass is 16.7. The summed E-state index contributed by atoms with van der Waals surface area (Å²) in [5.74, 6) is 1.30. The fraction of sp³-hybridized carbons (Fsp3) is 0.500. The Bertz CT molecular complexity index is 949. The van der Waals surface area contributed by atoms with E-state index in [1.807, 2.05) is 30.0 Å². The van der Waals surface area contributed by atoms with Gasteiger partial charge in [0.05, 0.1) is 5.69 Å². The third-order valence-corrected chi connectivity index (χ3v) is 5.86.